The number of benzene rings is 1. The first-order chi connectivity index (χ1) is 9.72. The molecule has 1 aliphatic heterocycles. The van der Waals surface area contributed by atoms with Crippen LogP contribution in [0, 0.1) is 0 Å². The molecule has 0 aromatic heterocycles. The summed E-state index contributed by atoms with van der Waals surface area (Å²) in [6.45, 7) is 2.00. The summed E-state index contributed by atoms with van der Waals surface area (Å²) in [4.78, 5) is 12.2. The van der Waals surface area contributed by atoms with Crippen molar-refractivity contribution in [3.05, 3.63) is 23.8 Å². The summed E-state index contributed by atoms with van der Waals surface area (Å²) in [6.07, 6.45) is 2.08. The van der Waals surface area contributed by atoms with E-state index in [0.29, 0.717) is 17.1 Å². The molecule has 0 saturated carbocycles. The van der Waals surface area contributed by atoms with Crippen molar-refractivity contribution in [2.45, 2.75) is 18.9 Å². The lowest BCUT2D eigenvalue weighted by atomic mass is 10.1. The maximum Gasteiger partial charge on any atom is 0.188 e. The van der Waals surface area contributed by atoms with Crippen LogP contribution in [-0.2, 0) is 4.74 Å². The molecule has 1 aromatic carbocycles. The molecule has 2 rings (SSSR count). The van der Waals surface area contributed by atoms with Crippen LogP contribution < -0.4 is 14.8 Å². The Balaban J connectivity index is 1.97. The maximum atomic E-state index is 12.2. The Kier molecular flexibility index (Phi) is 5.38. The van der Waals surface area contributed by atoms with E-state index >= 15 is 0 Å². The summed E-state index contributed by atoms with van der Waals surface area (Å²) >= 11 is 0. The van der Waals surface area contributed by atoms with Gasteiger partial charge in [0.1, 0.15) is 18.1 Å². The van der Waals surface area contributed by atoms with Crippen molar-refractivity contribution in [2.75, 3.05) is 33.9 Å². The van der Waals surface area contributed by atoms with E-state index in [-0.39, 0.29) is 18.5 Å². The summed E-state index contributed by atoms with van der Waals surface area (Å²) in [7, 11) is 3.13. The summed E-state index contributed by atoms with van der Waals surface area (Å²) in [5.74, 6) is 1.16. The number of methoxy groups -OCH3 is 2. The monoisotopic (exact) mass is 279 g/mol. The smallest absolute Gasteiger partial charge is 0.188 e. The number of hydrogen-bond acceptors (Lipinski definition) is 5. The molecule has 0 unspecified atom stereocenters. The van der Waals surface area contributed by atoms with Crippen LogP contribution in [0.4, 0.5) is 0 Å². The van der Waals surface area contributed by atoms with Gasteiger partial charge in [-0.1, -0.05) is 0 Å². The fraction of sp³-hybridized carbons (Fsp3) is 0.533. The molecule has 0 spiro atoms. The van der Waals surface area contributed by atoms with E-state index in [1.165, 1.54) is 0 Å². The molecule has 0 atom stereocenters. The lowest BCUT2D eigenvalue weighted by molar-refractivity contribution is 0.0317. The Bertz CT molecular complexity index is 433. The first-order valence-corrected chi connectivity index (χ1v) is 6.81. The maximum absolute atomic E-state index is 12.2. The molecule has 0 amide bonds. The Morgan fingerprint density at radius 3 is 2.30 bits per heavy atom. The largest absolute Gasteiger partial charge is 0.497 e. The predicted octanol–water partition coefficient (Wildman–Crippen LogP) is 1.66. The SMILES string of the molecule is COc1cc(OC)cc(C(=O)COC2CCNCC2)c1. The number of Topliss-reactive ketones (excluding diaryl/α,β-unsaturated/α-hetero) is 1. The van der Waals surface area contributed by atoms with Crippen LogP contribution in [0.1, 0.15) is 23.2 Å². The van der Waals surface area contributed by atoms with Gasteiger partial charge in [0, 0.05) is 11.6 Å². The van der Waals surface area contributed by atoms with Gasteiger partial charge in [-0.05, 0) is 38.1 Å². The van der Waals surface area contributed by atoms with E-state index in [1.54, 1.807) is 32.4 Å². The van der Waals surface area contributed by atoms with E-state index in [1.807, 2.05) is 0 Å². The van der Waals surface area contributed by atoms with Crippen LogP contribution >= 0.6 is 0 Å². The van der Waals surface area contributed by atoms with E-state index in [0.717, 1.165) is 25.9 Å². The number of carbonyl (C=O) groups excluding carboxylic acids is 1. The highest BCUT2D eigenvalue weighted by Gasteiger charge is 2.16. The Morgan fingerprint density at radius 2 is 1.75 bits per heavy atom. The summed E-state index contributed by atoms with van der Waals surface area (Å²) in [5.41, 5.74) is 0.551. The van der Waals surface area contributed by atoms with Gasteiger partial charge in [-0.2, -0.15) is 0 Å². The molecule has 1 aliphatic rings. The van der Waals surface area contributed by atoms with Crippen molar-refractivity contribution in [1.29, 1.82) is 0 Å². The fourth-order valence-electron chi connectivity index (χ4n) is 2.21. The number of rotatable bonds is 6. The molecule has 20 heavy (non-hydrogen) atoms. The lowest BCUT2D eigenvalue weighted by Gasteiger charge is -2.22. The molecular weight excluding hydrogens is 258 g/mol. The minimum absolute atomic E-state index is 0.0549. The van der Waals surface area contributed by atoms with Crippen LogP contribution in [0.2, 0.25) is 0 Å². The van der Waals surface area contributed by atoms with Crippen LogP contribution in [0.5, 0.6) is 11.5 Å². The standard InChI is InChI=1S/C15H21NO4/c1-18-13-7-11(8-14(9-13)19-2)15(17)10-20-12-3-5-16-6-4-12/h7-9,12,16H,3-6,10H2,1-2H3. The third-order valence-electron chi connectivity index (χ3n) is 3.41. The molecule has 1 aromatic rings. The molecule has 1 fully saturated rings. The van der Waals surface area contributed by atoms with Gasteiger partial charge in [0.2, 0.25) is 0 Å². The van der Waals surface area contributed by atoms with Crippen LogP contribution in [0.3, 0.4) is 0 Å². The molecule has 0 bridgehead atoms. The number of carbonyl (C=O) groups is 1. The molecule has 1 saturated heterocycles. The molecular formula is C15H21NO4. The van der Waals surface area contributed by atoms with Crippen molar-refractivity contribution in [3.63, 3.8) is 0 Å². The second kappa shape index (κ2) is 7.26. The van der Waals surface area contributed by atoms with E-state index in [2.05, 4.69) is 5.32 Å². The molecule has 0 aliphatic carbocycles. The molecule has 0 radical (unpaired) electrons. The zero-order chi connectivity index (χ0) is 14.4. The van der Waals surface area contributed by atoms with Crippen molar-refractivity contribution in [1.82, 2.24) is 5.32 Å². The van der Waals surface area contributed by atoms with Gasteiger partial charge in [-0.3, -0.25) is 4.79 Å². The fourth-order valence-corrected chi connectivity index (χ4v) is 2.21. The van der Waals surface area contributed by atoms with Gasteiger partial charge in [0.15, 0.2) is 5.78 Å². The molecule has 1 N–H and O–H groups in total. The minimum Gasteiger partial charge on any atom is -0.497 e. The number of ether oxygens (including phenoxy) is 3. The number of piperidine rings is 1. The van der Waals surface area contributed by atoms with E-state index in [9.17, 15) is 4.79 Å². The second-order valence-electron chi connectivity index (χ2n) is 4.78. The molecule has 5 nitrogen and oxygen atoms in total. The Morgan fingerprint density at radius 1 is 1.15 bits per heavy atom. The second-order valence-corrected chi connectivity index (χ2v) is 4.78. The number of ketones is 1. The van der Waals surface area contributed by atoms with E-state index < -0.39 is 0 Å². The quantitative estimate of drug-likeness (QED) is 0.803. The zero-order valence-electron chi connectivity index (χ0n) is 12.0. The highest BCUT2D eigenvalue weighted by atomic mass is 16.5. The predicted molar refractivity (Wildman–Crippen MR) is 75.7 cm³/mol. The molecule has 110 valence electrons. The van der Waals surface area contributed by atoms with E-state index in [4.69, 9.17) is 14.2 Å². The van der Waals surface area contributed by atoms with Crippen LogP contribution in [-0.4, -0.2) is 45.8 Å². The Hall–Kier alpha value is -1.59. The van der Waals surface area contributed by atoms with Gasteiger partial charge in [-0.25, -0.2) is 0 Å². The average Bonchev–Trinajstić information content (AvgIpc) is 2.52. The molecule has 5 heteroatoms. The first kappa shape index (κ1) is 14.8. The summed E-state index contributed by atoms with van der Waals surface area (Å²) < 4.78 is 16.0. The highest BCUT2D eigenvalue weighted by molar-refractivity contribution is 5.97. The highest BCUT2D eigenvalue weighted by Crippen LogP contribution is 2.23. The third-order valence-corrected chi connectivity index (χ3v) is 3.41. The topological polar surface area (TPSA) is 56.8 Å². The van der Waals surface area contributed by atoms with Gasteiger partial charge in [0.25, 0.3) is 0 Å². The minimum atomic E-state index is -0.0549. The van der Waals surface area contributed by atoms with Gasteiger partial charge < -0.3 is 19.5 Å². The normalized spacial score (nSPS) is 15.9. The molecule has 1 heterocycles. The van der Waals surface area contributed by atoms with Gasteiger partial charge in [0.05, 0.1) is 20.3 Å². The average molecular weight is 279 g/mol. The number of hydrogen-bond donors (Lipinski definition) is 1. The lowest BCUT2D eigenvalue weighted by Crippen LogP contribution is -2.33. The van der Waals surface area contributed by atoms with Gasteiger partial charge in [-0.15, -0.1) is 0 Å². The number of nitrogens with one attached hydrogen (secondary N) is 1. The third kappa shape index (κ3) is 3.95. The summed E-state index contributed by atoms with van der Waals surface area (Å²) in [5, 5.41) is 3.27. The van der Waals surface area contributed by atoms with Crippen molar-refractivity contribution < 1.29 is 19.0 Å². The van der Waals surface area contributed by atoms with Crippen molar-refractivity contribution in [3.8, 4) is 11.5 Å². The first-order valence-electron chi connectivity index (χ1n) is 6.81. The van der Waals surface area contributed by atoms with Crippen LogP contribution in [0.25, 0.3) is 0 Å². The zero-order valence-corrected chi connectivity index (χ0v) is 12.0. The summed E-state index contributed by atoms with van der Waals surface area (Å²) in [6, 6.07) is 5.15. The van der Waals surface area contributed by atoms with Crippen LogP contribution in [0.15, 0.2) is 18.2 Å². The Labute approximate surface area is 119 Å². The van der Waals surface area contributed by atoms with Crippen molar-refractivity contribution >= 4 is 5.78 Å². The van der Waals surface area contributed by atoms with Gasteiger partial charge >= 0.3 is 0 Å². The van der Waals surface area contributed by atoms with Crippen molar-refractivity contribution in [2.24, 2.45) is 0 Å².